The number of rotatable bonds is 8. The van der Waals surface area contributed by atoms with E-state index in [-0.39, 0.29) is 29.8 Å². The lowest BCUT2D eigenvalue weighted by Crippen LogP contribution is -2.44. The first kappa shape index (κ1) is 20.6. The molecule has 0 radical (unpaired) electrons. The average molecular weight is 379 g/mol. The smallest absolute Gasteiger partial charge is 0.341 e. The number of hydrogen-bond donors (Lipinski definition) is 1. The number of carbonyl (C=O) groups is 2. The highest BCUT2D eigenvalue weighted by molar-refractivity contribution is 5.97. The van der Waals surface area contributed by atoms with Crippen molar-refractivity contribution in [2.45, 2.75) is 32.2 Å². The molecule has 1 aliphatic heterocycles. The third-order valence-electron chi connectivity index (χ3n) is 4.51. The van der Waals surface area contributed by atoms with Gasteiger partial charge in [-0.15, -0.1) is 0 Å². The Balaban J connectivity index is 2.07. The molecule has 0 spiro atoms. The van der Waals surface area contributed by atoms with Crippen LogP contribution in [0, 0.1) is 10.1 Å². The fourth-order valence-corrected chi connectivity index (χ4v) is 3.01. The molecule has 1 aromatic rings. The molecule has 0 unspecified atom stereocenters. The van der Waals surface area contributed by atoms with Gasteiger partial charge in [0.05, 0.1) is 17.1 Å². The molecule has 1 atom stereocenters. The summed E-state index contributed by atoms with van der Waals surface area (Å²) in [4.78, 5) is 36.9. The number of ether oxygens (including phenoxy) is 2. The van der Waals surface area contributed by atoms with Gasteiger partial charge in [-0.2, -0.15) is 0 Å². The van der Waals surface area contributed by atoms with Gasteiger partial charge in [0.15, 0.2) is 6.61 Å². The van der Waals surface area contributed by atoms with Crippen LogP contribution in [-0.4, -0.2) is 61.2 Å². The van der Waals surface area contributed by atoms with E-state index in [1.54, 1.807) is 12.0 Å². The van der Waals surface area contributed by atoms with Crippen LogP contribution < -0.4 is 5.32 Å². The van der Waals surface area contributed by atoms with Crippen molar-refractivity contribution in [1.82, 2.24) is 4.90 Å². The summed E-state index contributed by atoms with van der Waals surface area (Å²) >= 11 is 0. The zero-order valence-corrected chi connectivity index (χ0v) is 15.6. The minimum absolute atomic E-state index is 0.0137. The quantitative estimate of drug-likeness (QED) is 0.319. The number of nitrogens with one attached hydrogen (secondary N) is 1. The SMILES string of the molecule is COCCNc1ccc([N+](=O)[O-])cc1C(=O)OCC(=O)N1CCCC[C@@H]1C. The van der Waals surface area contributed by atoms with Crippen LogP contribution in [-0.2, 0) is 14.3 Å². The Hall–Kier alpha value is -2.68. The molecule has 2 rings (SSSR count). The Morgan fingerprint density at radius 2 is 2.15 bits per heavy atom. The van der Waals surface area contributed by atoms with E-state index < -0.39 is 10.9 Å². The molecule has 27 heavy (non-hydrogen) atoms. The van der Waals surface area contributed by atoms with Gasteiger partial charge in [0.1, 0.15) is 0 Å². The van der Waals surface area contributed by atoms with Gasteiger partial charge in [0, 0.05) is 44.1 Å². The Labute approximate surface area is 157 Å². The van der Waals surface area contributed by atoms with E-state index >= 15 is 0 Å². The van der Waals surface area contributed by atoms with E-state index in [9.17, 15) is 19.7 Å². The molecule has 1 amide bonds. The number of hydrogen-bond acceptors (Lipinski definition) is 7. The summed E-state index contributed by atoms with van der Waals surface area (Å²) in [6, 6.07) is 4.01. The van der Waals surface area contributed by atoms with E-state index in [4.69, 9.17) is 9.47 Å². The number of piperidine rings is 1. The van der Waals surface area contributed by atoms with Crippen molar-refractivity contribution in [3.8, 4) is 0 Å². The molecule has 148 valence electrons. The first-order valence-electron chi connectivity index (χ1n) is 8.92. The van der Waals surface area contributed by atoms with Crippen LogP contribution in [0.4, 0.5) is 11.4 Å². The van der Waals surface area contributed by atoms with Gasteiger partial charge in [-0.25, -0.2) is 4.79 Å². The predicted octanol–water partition coefficient (Wildman–Crippen LogP) is 2.21. The van der Waals surface area contributed by atoms with Crippen molar-refractivity contribution in [3.05, 3.63) is 33.9 Å². The fraction of sp³-hybridized carbons (Fsp3) is 0.556. The minimum Gasteiger partial charge on any atom is -0.452 e. The molecule has 1 saturated heterocycles. The largest absolute Gasteiger partial charge is 0.452 e. The first-order chi connectivity index (χ1) is 12.9. The number of nitrogens with zero attached hydrogens (tertiary/aromatic N) is 2. The molecule has 1 heterocycles. The third-order valence-corrected chi connectivity index (χ3v) is 4.51. The number of nitro groups is 1. The summed E-state index contributed by atoms with van der Waals surface area (Å²) in [5, 5.41) is 14.0. The zero-order valence-electron chi connectivity index (χ0n) is 15.6. The molecule has 1 N–H and O–H groups in total. The number of esters is 1. The number of amides is 1. The van der Waals surface area contributed by atoms with Gasteiger partial charge in [0.2, 0.25) is 0 Å². The number of non-ortho nitro benzene ring substituents is 1. The van der Waals surface area contributed by atoms with Gasteiger partial charge in [-0.05, 0) is 32.3 Å². The van der Waals surface area contributed by atoms with Crippen molar-refractivity contribution in [2.75, 3.05) is 38.7 Å². The average Bonchev–Trinajstić information content (AvgIpc) is 2.66. The molecule has 1 aliphatic rings. The summed E-state index contributed by atoms with van der Waals surface area (Å²) < 4.78 is 10.1. The number of likely N-dealkylation sites (tertiary alicyclic amines) is 1. The highest BCUT2D eigenvalue weighted by Crippen LogP contribution is 2.23. The van der Waals surface area contributed by atoms with Crippen molar-refractivity contribution < 1.29 is 24.0 Å². The van der Waals surface area contributed by atoms with Crippen molar-refractivity contribution >= 4 is 23.3 Å². The molecule has 1 fully saturated rings. The number of benzene rings is 1. The number of nitro benzene ring substituents is 1. The normalized spacial score (nSPS) is 16.7. The van der Waals surface area contributed by atoms with Crippen LogP contribution in [0.5, 0.6) is 0 Å². The maximum absolute atomic E-state index is 12.5. The predicted molar refractivity (Wildman–Crippen MR) is 98.8 cm³/mol. The van der Waals surface area contributed by atoms with Gasteiger partial charge in [-0.3, -0.25) is 14.9 Å². The third kappa shape index (κ3) is 5.65. The maximum atomic E-state index is 12.5. The fourth-order valence-electron chi connectivity index (χ4n) is 3.01. The first-order valence-corrected chi connectivity index (χ1v) is 8.92. The second-order valence-electron chi connectivity index (χ2n) is 6.41. The highest BCUT2D eigenvalue weighted by Gasteiger charge is 2.25. The van der Waals surface area contributed by atoms with E-state index in [2.05, 4.69) is 5.32 Å². The summed E-state index contributed by atoms with van der Waals surface area (Å²) in [5.74, 6) is -1.04. The molecule has 9 nitrogen and oxygen atoms in total. The van der Waals surface area contributed by atoms with Crippen molar-refractivity contribution in [2.24, 2.45) is 0 Å². The Morgan fingerprint density at radius 3 is 2.81 bits per heavy atom. The topological polar surface area (TPSA) is 111 Å². The minimum atomic E-state index is -0.781. The monoisotopic (exact) mass is 379 g/mol. The Kier molecular flexibility index (Phi) is 7.54. The lowest BCUT2D eigenvalue weighted by Gasteiger charge is -2.33. The second kappa shape index (κ2) is 9.86. The van der Waals surface area contributed by atoms with E-state index in [0.717, 1.165) is 25.3 Å². The number of anilines is 1. The molecule has 0 saturated carbocycles. The van der Waals surface area contributed by atoms with Crippen LogP contribution in [0.2, 0.25) is 0 Å². The van der Waals surface area contributed by atoms with Crippen LogP contribution in [0.25, 0.3) is 0 Å². The highest BCUT2D eigenvalue weighted by atomic mass is 16.6. The zero-order chi connectivity index (χ0) is 19.8. The second-order valence-corrected chi connectivity index (χ2v) is 6.41. The molecule has 0 bridgehead atoms. The molecular weight excluding hydrogens is 354 g/mol. The summed E-state index contributed by atoms with van der Waals surface area (Å²) in [6.07, 6.45) is 2.94. The van der Waals surface area contributed by atoms with Crippen LogP contribution in [0.1, 0.15) is 36.5 Å². The molecular formula is C18H25N3O6. The summed E-state index contributed by atoms with van der Waals surface area (Å²) in [5.41, 5.74) is 0.177. The molecule has 1 aromatic carbocycles. The molecule has 0 aromatic heterocycles. The lowest BCUT2D eigenvalue weighted by atomic mass is 10.0. The van der Waals surface area contributed by atoms with E-state index in [1.165, 1.54) is 12.1 Å². The molecule has 9 heteroatoms. The molecule has 0 aliphatic carbocycles. The van der Waals surface area contributed by atoms with Gasteiger partial charge in [-0.1, -0.05) is 0 Å². The van der Waals surface area contributed by atoms with Gasteiger partial charge in [0.25, 0.3) is 11.6 Å². The van der Waals surface area contributed by atoms with Crippen molar-refractivity contribution in [1.29, 1.82) is 0 Å². The lowest BCUT2D eigenvalue weighted by molar-refractivity contribution is -0.384. The standard InChI is InChI=1S/C18H25N3O6/c1-13-5-3-4-9-20(13)17(22)12-27-18(23)15-11-14(21(24)25)6-7-16(15)19-8-10-26-2/h6-7,11,13,19H,3-5,8-10,12H2,1-2H3/t13-/m0/s1. The Bertz CT molecular complexity index is 694. The number of methoxy groups -OCH3 is 1. The van der Waals surface area contributed by atoms with Crippen LogP contribution >= 0.6 is 0 Å². The summed E-state index contributed by atoms with van der Waals surface area (Å²) in [7, 11) is 1.54. The summed E-state index contributed by atoms with van der Waals surface area (Å²) in [6.45, 7) is 3.05. The number of carbonyl (C=O) groups excluding carboxylic acids is 2. The van der Waals surface area contributed by atoms with Crippen molar-refractivity contribution in [3.63, 3.8) is 0 Å². The van der Waals surface area contributed by atoms with Gasteiger partial charge >= 0.3 is 5.97 Å². The maximum Gasteiger partial charge on any atom is 0.341 e. The van der Waals surface area contributed by atoms with Crippen LogP contribution in [0.15, 0.2) is 18.2 Å². The van der Waals surface area contributed by atoms with E-state index in [1.807, 2.05) is 6.92 Å². The van der Waals surface area contributed by atoms with E-state index in [0.29, 0.717) is 25.4 Å². The Morgan fingerprint density at radius 1 is 1.37 bits per heavy atom. The van der Waals surface area contributed by atoms with Gasteiger partial charge < -0.3 is 19.7 Å². The van der Waals surface area contributed by atoms with Crippen LogP contribution in [0.3, 0.4) is 0 Å².